The lowest BCUT2D eigenvalue weighted by Crippen LogP contribution is -2.49. The number of carbonyl (C=O) groups is 2. The summed E-state index contributed by atoms with van der Waals surface area (Å²) in [4.78, 5) is 29.8. The van der Waals surface area contributed by atoms with Crippen LogP contribution in [-0.2, 0) is 16.0 Å². The summed E-state index contributed by atoms with van der Waals surface area (Å²) in [6, 6.07) is 14.1. The highest BCUT2D eigenvalue weighted by Gasteiger charge is 2.21. The Hall–Kier alpha value is -2.43. The van der Waals surface area contributed by atoms with Crippen LogP contribution in [0.15, 0.2) is 52.2 Å². The van der Waals surface area contributed by atoms with Crippen LogP contribution in [0.2, 0.25) is 0 Å². The monoisotopic (exact) mass is 459 g/mol. The van der Waals surface area contributed by atoms with Gasteiger partial charge in [-0.1, -0.05) is 47.4 Å². The van der Waals surface area contributed by atoms with Gasteiger partial charge in [0.1, 0.15) is 0 Å². The van der Waals surface area contributed by atoms with E-state index in [2.05, 4.69) is 32.5 Å². The van der Waals surface area contributed by atoms with Gasteiger partial charge in [0, 0.05) is 36.7 Å². The number of nitrogens with zero attached hydrogens (tertiary/aromatic N) is 4. The molecule has 1 aliphatic rings. The van der Waals surface area contributed by atoms with E-state index >= 15 is 0 Å². The van der Waals surface area contributed by atoms with Crippen molar-refractivity contribution in [3.05, 3.63) is 52.7 Å². The van der Waals surface area contributed by atoms with E-state index in [4.69, 9.17) is 0 Å². The molecule has 1 saturated heterocycles. The summed E-state index contributed by atoms with van der Waals surface area (Å²) in [5, 5.41) is 13.3. The van der Waals surface area contributed by atoms with Crippen LogP contribution in [0.1, 0.15) is 4.88 Å². The highest BCUT2D eigenvalue weighted by atomic mass is 32.2. The summed E-state index contributed by atoms with van der Waals surface area (Å²) < 4.78 is 0.678. The number of piperazine rings is 1. The summed E-state index contributed by atoms with van der Waals surface area (Å²) in [5.41, 5.74) is 1.20. The predicted octanol–water partition coefficient (Wildman–Crippen LogP) is 3.22. The molecule has 0 aliphatic carbocycles. The molecule has 10 heteroatoms. The molecule has 7 nitrogen and oxygen atoms in total. The molecule has 0 atom stereocenters. The SMILES string of the molecule is O=C(Cc1cccs1)Nc1nnc(SCC(=O)N2CCN(c3ccccc3)CC2)s1. The third-order valence-electron chi connectivity index (χ3n) is 4.64. The Morgan fingerprint density at radius 1 is 1.03 bits per heavy atom. The molecule has 0 bridgehead atoms. The van der Waals surface area contributed by atoms with Gasteiger partial charge in [0.15, 0.2) is 4.34 Å². The van der Waals surface area contributed by atoms with Gasteiger partial charge in [-0.3, -0.25) is 9.59 Å². The molecule has 0 saturated carbocycles. The second-order valence-electron chi connectivity index (χ2n) is 6.67. The summed E-state index contributed by atoms with van der Waals surface area (Å²) in [5.74, 6) is 0.312. The summed E-state index contributed by atoms with van der Waals surface area (Å²) in [7, 11) is 0. The third kappa shape index (κ3) is 5.59. The van der Waals surface area contributed by atoms with Crippen molar-refractivity contribution >= 4 is 57.1 Å². The van der Waals surface area contributed by atoms with Crippen LogP contribution in [0.3, 0.4) is 0 Å². The fourth-order valence-electron chi connectivity index (χ4n) is 3.12. The van der Waals surface area contributed by atoms with Gasteiger partial charge in [0.05, 0.1) is 12.2 Å². The highest BCUT2D eigenvalue weighted by molar-refractivity contribution is 8.01. The maximum absolute atomic E-state index is 12.6. The molecule has 3 aromatic rings. The van der Waals surface area contributed by atoms with E-state index < -0.39 is 0 Å². The van der Waals surface area contributed by atoms with Gasteiger partial charge in [-0.2, -0.15) is 0 Å². The van der Waals surface area contributed by atoms with Gasteiger partial charge in [-0.25, -0.2) is 0 Å². The summed E-state index contributed by atoms with van der Waals surface area (Å²) >= 11 is 4.20. The molecule has 30 heavy (non-hydrogen) atoms. The number of thiophene rings is 1. The normalized spacial score (nSPS) is 14.0. The molecule has 2 aromatic heterocycles. The fraction of sp³-hybridized carbons (Fsp3) is 0.300. The zero-order chi connectivity index (χ0) is 20.8. The molecular formula is C20H21N5O2S3. The molecule has 0 spiro atoms. The fourth-order valence-corrected chi connectivity index (χ4v) is 5.50. The first-order valence-corrected chi connectivity index (χ1v) is 12.2. The number of thioether (sulfide) groups is 1. The van der Waals surface area contributed by atoms with Crippen LogP contribution in [0.4, 0.5) is 10.8 Å². The zero-order valence-electron chi connectivity index (χ0n) is 16.2. The molecule has 0 radical (unpaired) electrons. The van der Waals surface area contributed by atoms with E-state index in [1.165, 1.54) is 28.8 Å². The van der Waals surface area contributed by atoms with Crippen molar-refractivity contribution in [3.8, 4) is 0 Å². The molecule has 4 rings (SSSR count). The summed E-state index contributed by atoms with van der Waals surface area (Å²) in [6.07, 6.45) is 0.327. The Labute approximate surface area is 187 Å². The Morgan fingerprint density at radius 3 is 2.57 bits per heavy atom. The van der Waals surface area contributed by atoms with E-state index in [0.717, 1.165) is 18.0 Å². The van der Waals surface area contributed by atoms with Gasteiger partial charge in [-0.15, -0.1) is 21.5 Å². The molecule has 1 N–H and O–H groups in total. The first-order chi connectivity index (χ1) is 14.7. The molecule has 1 fully saturated rings. The van der Waals surface area contributed by atoms with Crippen LogP contribution in [0.5, 0.6) is 0 Å². The van der Waals surface area contributed by atoms with Gasteiger partial charge in [0.2, 0.25) is 16.9 Å². The van der Waals surface area contributed by atoms with Gasteiger partial charge >= 0.3 is 0 Å². The number of anilines is 2. The predicted molar refractivity (Wildman–Crippen MR) is 123 cm³/mol. The number of carbonyl (C=O) groups excluding carboxylic acids is 2. The average Bonchev–Trinajstić information content (AvgIpc) is 3.45. The second-order valence-corrected chi connectivity index (χ2v) is 9.90. The van der Waals surface area contributed by atoms with Crippen LogP contribution >= 0.6 is 34.4 Å². The van der Waals surface area contributed by atoms with Crippen LogP contribution in [0.25, 0.3) is 0 Å². The molecular weight excluding hydrogens is 438 g/mol. The highest BCUT2D eigenvalue weighted by Crippen LogP contribution is 2.26. The van der Waals surface area contributed by atoms with Crippen molar-refractivity contribution in [2.45, 2.75) is 10.8 Å². The molecule has 1 aromatic carbocycles. The lowest BCUT2D eigenvalue weighted by Gasteiger charge is -2.36. The first-order valence-electron chi connectivity index (χ1n) is 9.54. The van der Waals surface area contributed by atoms with Crippen molar-refractivity contribution < 1.29 is 9.59 Å². The lowest BCUT2D eigenvalue weighted by molar-refractivity contribution is -0.128. The van der Waals surface area contributed by atoms with Crippen molar-refractivity contribution in [2.75, 3.05) is 42.1 Å². The molecule has 3 heterocycles. The number of rotatable bonds is 7. The smallest absolute Gasteiger partial charge is 0.233 e. The number of aromatic nitrogens is 2. The average molecular weight is 460 g/mol. The number of para-hydroxylation sites is 1. The minimum absolute atomic E-state index is 0.103. The van der Waals surface area contributed by atoms with Crippen LogP contribution in [0, 0.1) is 0 Å². The Bertz CT molecular complexity index is 970. The maximum Gasteiger partial charge on any atom is 0.233 e. The maximum atomic E-state index is 12.6. The third-order valence-corrected chi connectivity index (χ3v) is 7.47. The molecule has 156 valence electrons. The van der Waals surface area contributed by atoms with Crippen molar-refractivity contribution in [1.82, 2.24) is 15.1 Å². The van der Waals surface area contributed by atoms with E-state index in [1.807, 2.05) is 40.6 Å². The van der Waals surface area contributed by atoms with Gasteiger partial charge in [-0.05, 0) is 23.6 Å². The number of hydrogen-bond acceptors (Lipinski definition) is 8. The molecule has 2 amide bonds. The van der Waals surface area contributed by atoms with Crippen LogP contribution < -0.4 is 10.2 Å². The van der Waals surface area contributed by atoms with Crippen molar-refractivity contribution in [3.63, 3.8) is 0 Å². The largest absolute Gasteiger partial charge is 0.368 e. The van der Waals surface area contributed by atoms with E-state index in [-0.39, 0.29) is 11.8 Å². The Balaban J connectivity index is 1.20. The minimum atomic E-state index is -0.113. The van der Waals surface area contributed by atoms with Crippen LogP contribution in [-0.4, -0.2) is 58.8 Å². The topological polar surface area (TPSA) is 78.4 Å². The molecule has 1 aliphatic heterocycles. The van der Waals surface area contributed by atoms with E-state index in [0.29, 0.717) is 34.7 Å². The van der Waals surface area contributed by atoms with Crippen molar-refractivity contribution in [1.29, 1.82) is 0 Å². The first kappa shape index (κ1) is 20.8. The summed E-state index contributed by atoms with van der Waals surface area (Å²) in [6.45, 7) is 3.10. The van der Waals surface area contributed by atoms with E-state index in [9.17, 15) is 9.59 Å². The van der Waals surface area contributed by atoms with Gasteiger partial charge in [0.25, 0.3) is 0 Å². The quantitative estimate of drug-likeness (QED) is 0.432. The number of nitrogens with one attached hydrogen (secondary N) is 1. The molecule has 0 unspecified atom stereocenters. The zero-order valence-corrected chi connectivity index (χ0v) is 18.6. The minimum Gasteiger partial charge on any atom is -0.368 e. The Morgan fingerprint density at radius 2 is 1.83 bits per heavy atom. The lowest BCUT2D eigenvalue weighted by atomic mass is 10.2. The van der Waals surface area contributed by atoms with Crippen molar-refractivity contribution in [2.24, 2.45) is 0 Å². The standard InChI is InChI=1S/C20H21N5O2S3/c26-17(13-16-7-4-12-28-16)21-19-22-23-20(30-19)29-14-18(27)25-10-8-24(9-11-25)15-5-2-1-3-6-15/h1-7,12H,8-11,13-14H2,(H,21,22,26). The van der Waals surface area contributed by atoms with E-state index in [1.54, 1.807) is 11.3 Å². The van der Waals surface area contributed by atoms with Gasteiger partial charge < -0.3 is 15.1 Å². The number of amides is 2. The number of benzene rings is 1. The number of hydrogen-bond donors (Lipinski definition) is 1. The Kier molecular flexibility index (Phi) is 6.98. The second kappa shape index (κ2) is 10.1.